The number of benzene rings is 1. The highest BCUT2D eigenvalue weighted by Gasteiger charge is 2.33. The lowest BCUT2D eigenvalue weighted by Crippen LogP contribution is -2.14. The molecule has 1 aromatic heterocycles. The van der Waals surface area contributed by atoms with Crippen LogP contribution >= 0.6 is 11.8 Å². The molecule has 1 aliphatic heterocycles. The number of hydrogen-bond donors (Lipinski definition) is 1. The highest BCUT2D eigenvalue weighted by molar-refractivity contribution is 8.14. The number of nitrogens with zero attached hydrogens (tertiary/aromatic N) is 2. The van der Waals surface area contributed by atoms with Crippen molar-refractivity contribution in [3.05, 3.63) is 33.6 Å². The average Bonchev–Trinajstić information content (AvgIpc) is 3.34. The van der Waals surface area contributed by atoms with Crippen molar-refractivity contribution in [1.29, 1.82) is 0 Å². The molecule has 0 amide bonds. The largest absolute Gasteiger partial charge is 0.493 e. The van der Waals surface area contributed by atoms with Crippen LogP contribution in [0.3, 0.4) is 0 Å². The maximum atomic E-state index is 12.9. The van der Waals surface area contributed by atoms with E-state index in [1.807, 2.05) is 23.7 Å². The molecule has 1 aliphatic carbocycles. The number of fused-ring (bicyclic) bond motifs is 1. The maximum absolute atomic E-state index is 12.9. The van der Waals surface area contributed by atoms with Crippen molar-refractivity contribution in [3.63, 3.8) is 0 Å². The van der Waals surface area contributed by atoms with E-state index < -0.39 is 0 Å². The molecule has 0 bridgehead atoms. The lowest BCUT2D eigenvalue weighted by atomic mass is 10.0. The zero-order chi connectivity index (χ0) is 19.8. The van der Waals surface area contributed by atoms with Crippen LogP contribution in [-0.2, 0) is 0 Å². The molecule has 0 saturated heterocycles. The van der Waals surface area contributed by atoms with E-state index in [0.717, 1.165) is 29.3 Å². The van der Waals surface area contributed by atoms with Gasteiger partial charge >= 0.3 is 0 Å². The minimum Gasteiger partial charge on any atom is -0.493 e. The molecule has 8 heteroatoms. The van der Waals surface area contributed by atoms with E-state index >= 15 is 0 Å². The Morgan fingerprint density at radius 1 is 1.11 bits per heavy atom. The van der Waals surface area contributed by atoms with Gasteiger partial charge in [-0.2, -0.15) is 0 Å². The third kappa shape index (κ3) is 3.09. The van der Waals surface area contributed by atoms with Crippen molar-refractivity contribution in [2.24, 2.45) is 4.99 Å². The van der Waals surface area contributed by atoms with Gasteiger partial charge < -0.3 is 14.2 Å². The van der Waals surface area contributed by atoms with Gasteiger partial charge in [-0.05, 0) is 37.5 Å². The first-order valence-electron chi connectivity index (χ1n) is 9.43. The van der Waals surface area contributed by atoms with Gasteiger partial charge in [0.15, 0.2) is 17.3 Å². The van der Waals surface area contributed by atoms with Crippen molar-refractivity contribution in [2.75, 3.05) is 21.3 Å². The molecular weight excluding hydrogens is 378 g/mol. The summed E-state index contributed by atoms with van der Waals surface area (Å²) in [6.45, 7) is 1.98. The second kappa shape index (κ2) is 7.58. The highest BCUT2D eigenvalue weighted by atomic mass is 32.2. The van der Waals surface area contributed by atoms with E-state index in [1.165, 1.54) is 12.8 Å². The van der Waals surface area contributed by atoms with E-state index in [0.29, 0.717) is 28.9 Å². The maximum Gasteiger partial charge on any atom is 0.271 e. The molecule has 1 saturated carbocycles. The third-order valence-corrected chi connectivity index (χ3v) is 6.61. The van der Waals surface area contributed by atoms with Crippen LogP contribution in [0.2, 0.25) is 0 Å². The Balaban J connectivity index is 1.85. The number of hydrogen-bond acceptors (Lipinski definition) is 6. The van der Waals surface area contributed by atoms with Crippen LogP contribution in [-0.4, -0.2) is 36.2 Å². The smallest absolute Gasteiger partial charge is 0.271 e. The van der Waals surface area contributed by atoms with Crippen LogP contribution < -0.4 is 19.8 Å². The van der Waals surface area contributed by atoms with Crippen LogP contribution in [0.1, 0.15) is 55.0 Å². The topological polar surface area (TPSA) is 77.8 Å². The molecule has 2 aromatic rings. The molecule has 1 aromatic carbocycles. The normalized spacial score (nSPS) is 19.3. The van der Waals surface area contributed by atoms with Gasteiger partial charge in [0.2, 0.25) is 5.75 Å². The van der Waals surface area contributed by atoms with Gasteiger partial charge in [-0.25, -0.2) is 4.99 Å². The zero-order valence-electron chi connectivity index (χ0n) is 16.6. The minimum atomic E-state index is -0.187. The second-order valence-corrected chi connectivity index (χ2v) is 8.37. The van der Waals surface area contributed by atoms with E-state index in [4.69, 9.17) is 19.2 Å². The van der Waals surface area contributed by atoms with Crippen molar-refractivity contribution in [2.45, 2.75) is 43.9 Å². The molecular formula is C20H25N3O4S. The Morgan fingerprint density at radius 3 is 2.32 bits per heavy atom. The Kier molecular flexibility index (Phi) is 5.14. The van der Waals surface area contributed by atoms with Crippen LogP contribution in [0.15, 0.2) is 21.9 Å². The Morgan fingerprint density at radius 2 is 1.75 bits per heavy atom. The van der Waals surface area contributed by atoms with Crippen molar-refractivity contribution >= 4 is 22.6 Å². The monoisotopic (exact) mass is 403 g/mol. The van der Waals surface area contributed by atoms with Gasteiger partial charge in [0, 0.05) is 0 Å². The second-order valence-electron chi connectivity index (χ2n) is 7.07. The van der Waals surface area contributed by atoms with Crippen LogP contribution in [0.4, 0.5) is 5.82 Å². The first-order chi connectivity index (χ1) is 13.6. The summed E-state index contributed by atoms with van der Waals surface area (Å²) < 4.78 is 18.4. The Bertz CT molecular complexity index is 947. The van der Waals surface area contributed by atoms with Gasteiger partial charge in [0.25, 0.3) is 5.56 Å². The average molecular weight is 404 g/mol. The standard InChI is InChI=1S/C20H25N3O4S/c1-11-21-19-16(20(24)22-23(19)13-7-5-6-8-13)18(28-11)12-9-14(25-2)17(27-4)15(10-12)26-3/h9-10,13,18H,5-8H2,1-4H3,(H,22,24)/t18-/m1/s1. The van der Waals surface area contributed by atoms with E-state index in [9.17, 15) is 4.79 Å². The molecule has 1 atom stereocenters. The van der Waals surface area contributed by atoms with E-state index in [2.05, 4.69) is 5.10 Å². The molecule has 0 radical (unpaired) electrons. The summed E-state index contributed by atoms with van der Waals surface area (Å²) in [6.07, 6.45) is 4.53. The summed E-state index contributed by atoms with van der Waals surface area (Å²) in [5.74, 6) is 2.45. The van der Waals surface area contributed by atoms with Crippen molar-refractivity contribution in [3.8, 4) is 17.2 Å². The molecule has 1 N–H and O–H groups in total. The van der Waals surface area contributed by atoms with Crippen LogP contribution in [0.5, 0.6) is 17.2 Å². The SMILES string of the molecule is COc1cc([C@H]2SC(C)=Nc3c2c(=O)[nH]n3C2CCCC2)cc(OC)c1OC. The molecule has 7 nitrogen and oxygen atoms in total. The number of thioether (sulfide) groups is 1. The Hall–Kier alpha value is -2.35. The predicted molar refractivity (Wildman–Crippen MR) is 111 cm³/mol. The molecule has 28 heavy (non-hydrogen) atoms. The van der Waals surface area contributed by atoms with Crippen LogP contribution in [0, 0.1) is 0 Å². The number of aromatic nitrogens is 2. The number of aromatic amines is 1. The Labute approximate surface area is 168 Å². The van der Waals surface area contributed by atoms with E-state index in [-0.39, 0.29) is 10.8 Å². The van der Waals surface area contributed by atoms with Gasteiger partial charge in [0.1, 0.15) is 0 Å². The molecule has 4 rings (SSSR count). The molecule has 0 unspecified atom stereocenters. The first-order valence-corrected chi connectivity index (χ1v) is 10.3. The van der Waals surface area contributed by atoms with Crippen LogP contribution in [0.25, 0.3) is 0 Å². The van der Waals surface area contributed by atoms with Gasteiger partial charge in [-0.15, -0.1) is 0 Å². The minimum absolute atomic E-state index is 0.0793. The zero-order valence-corrected chi connectivity index (χ0v) is 17.4. The number of aliphatic imine (C=N–C) groups is 1. The fraction of sp³-hybridized carbons (Fsp3) is 0.500. The lowest BCUT2D eigenvalue weighted by Gasteiger charge is -2.23. The summed E-state index contributed by atoms with van der Waals surface area (Å²) in [7, 11) is 4.77. The number of methoxy groups -OCH3 is 3. The van der Waals surface area contributed by atoms with Gasteiger partial charge in [-0.3, -0.25) is 14.6 Å². The summed E-state index contributed by atoms with van der Waals surface area (Å²) in [6, 6.07) is 4.14. The number of H-pyrrole nitrogens is 1. The van der Waals surface area contributed by atoms with Crippen molar-refractivity contribution < 1.29 is 14.2 Å². The third-order valence-electron chi connectivity index (χ3n) is 5.43. The van der Waals surface area contributed by atoms with Crippen molar-refractivity contribution in [1.82, 2.24) is 9.78 Å². The summed E-state index contributed by atoms with van der Waals surface area (Å²) in [5.41, 5.74) is 1.53. The summed E-state index contributed by atoms with van der Waals surface area (Å²) in [5, 5.41) is 3.79. The fourth-order valence-corrected chi connectivity index (χ4v) is 5.21. The number of nitrogens with one attached hydrogen (secondary N) is 1. The molecule has 0 spiro atoms. The number of rotatable bonds is 5. The van der Waals surface area contributed by atoms with Gasteiger partial charge in [0.05, 0.1) is 43.2 Å². The quantitative estimate of drug-likeness (QED) is 0.809. The summed E-state index contributed by atoms with van der Waals surface area (Å²) >= 11 is 1.57. The molecule has 150 valence electrons. The fourth-order valence-electron chi connectivity index (χ4n) is 4.12. The predicted octanol–water partition coefficient (Wildman–Crippen LogP) is 4.20. The van der Waals surface area contributed by atoms with Gasteiger partial charge in [-0.1, -0.05) is 24.6 Å². The lowest BCUT2D eigenvalue weighted by molar-refractivity contribution is 0.324. The number of ether oxygens (including phenoxy) is 3. The highest BCUT2D eigenvalue weighted by Crippen LogP contribution is 2.49. The molecule has 1 fully saturated rings. The van der Waals surface area contributed by atoms with E-state index in [1.54, 1.807) is 33.1 Å². The first kappa shape index (κ1) is 19.0. The summed E-state index contributed by atoms with van der Waals surface area (Å²) in [4.78, 5) is 17.6. The molecule has 2 aliphatic rings. The molecule has 2 heterocycles.